The van der Waals surface area contributed by atoms with E-state index >= 15 is 0 Å². The molecule has 0 bridgehead atoms. The van der Waals surface area contributed by atoms with Crippen LogP contribution >= 0.6 is 0 Å². The van der Waals surface area contributed by atoms with Crippen LogP contribution in [0.4, 0.5) is 10.5 Å². The van der Waals surface area contributed by atoms with Crippen molar-refractivity contribution < 1.29 is 19.8 Å². The minimum atomic E-state index is -1.20. The van der Waals surface area contributed by atoms with Gasteiger partial charge in [-0.05, 0) is 30.9 Å². The van der Waals surface area contributed by atoms with E-state index in [1.54, 1.807) is 4.90 Å². The molecule has 0 radical (unpaired) electrons. The summed E-state index contributed by atoms with van der Waals surface area (Å²) >= 11 is 0. The lowest BCUT2D eigenvalue weighted by Crippen LogP contribution is -2.41. The van der Waals surface area contributed by atoms with E-state index in [1.807, 2.05) is 0 Å². The maximum absolute atomic E-state index is 12.3. The molecule has 1 aliphatic heterocycles. The average Bonchev–Trinajstić information content (AvgIpc) is 2.87. The Balaban J connectivity index is 2.09. The first-order valence-electron chi connectivity index (χ1n) is 7.04. The molecule has 114 valence electrons. The largest absolute Gasteiger partial charge is 0.507 e. The maximum Gasteiger partial charge on any atom is 0.339 e. The fraction of sp³-hybridized carbons (Fsp3) is 0.467. The van der Waals surface area contributed by atoms with E-state index < -0.39 is 5.97 Å². The van der Waals surface area contributed by atoms with Crippen molar-refractivity contribution in [3.8, 4) is 5.75 Å². The number of phenols is 1. The van der Waals surface area contributed by atoms with Crippen LogP contribution in [0.3, 0.4) is 0 Å². The minimum Gasteiger partial charge on any atom is -0.507 e. The monoisotopic (exact) mass is 292 g/mol. The Morgan fingerprint density at radius 3 is 2.67 bits per heavy atom. The van der Waals surface area contributed by atoms with Crippen molar-refractivity contribution >= 4 is 17.7 Å². The zero-order valence-corrected chi connectivity index (χ0v) is 12.2. The number of hydrogen-bond donors (Lipinski definition) is 3. The lowest BCUT2D eigenvalue weighted by atomic mass is 10.0. The molecular weight excluding hydrogens is 272 g/mol. The maximum atomic E-state index is 12.3. The summed E-state index contributed by atoms with van der Waals surface area (Å²) in [5, 5.41) is 21.2. The molecule has 2 amide bonds. The summed E-state index contributed by atoms with van der Waals surface area (Å²) in [4.78, 5) is 24.9. The number of aromatic hydroxyl groups is 1. The van der Waals surface area contributed by atoms with Crippen LogP contribution in [0, 0.1) is 5.92 Å². The van der Waals surface area contributed by atoms with Crippen molar-refractivity contribution in [2.75, 3.05) is 11.9 Å². The van der Waals surface area contributed by atoms with Gasteiger partial charge in [0.2, 0.25) is 0 Å². The van der Waals surface area contributed by atoms with Gasteiger partial charge in [0.1, 0.15) is 11.3 Å². The average molecular weight is 292 g/mol. The van der Waals surface area contributed by atoms with E-state index in [1.165, 1.54) is 18.2 Å². The number of anilines is 1. The summed E-state index contributed by atoms with van der Waals surface area (Å²) in [5.74, 6) is -1.17. The quantitative estimate of drug-likeness (QED) is 0.799. The van der Waals surface area contributed by atoms with E-state index in [0.717, 1.165) is 12.8 Å². The highest BCUT2D eigenvalue weighted by atomic mass is 16.4. The molecule has 1 heterocycles. The molecule has 1 unspecified atom stereocenters. The predicted molar refractivity (Wildman–Crippen MR) is 78.7 cm³/mol. The lowest BCUT2D eigenvalue weighted by Gasteiger charge is -2.27. The van der Waals surface area contributed by atoms with E-state index in [-0.39, 0.29) is 23.4 Å². The second kappa shape index (κ2) is 6.03. The fourth-order valence-electron chi connectivity index (χ4n) is 2.72. The number of hydrogen-bond acceptors (Lipinski definition) is 3. The van der Waals surface area contributed by atoms with Crippen molar-refractivity contribution in [2.24, 2.45) is 5.92 Å². The molecule has 6 nitrogen and oxygen atoms in total. The molecular formula is C15H20N2O4. The van der Waals surface area contributed by atoms with E-state index in [4.69, 9.17) is 5.11 Å². The number of carbonyl (C=O) groups is 2. The van der Waals surface area contributed by atoms with E-state index in [9.17, 15) is 14.7 Å². The molecule has 1 aromatic rings. The van der Waals surface area contributed by atoms with E-state index in [2.05, 4.69) is 19.2 Å². The van der Waals surface area contributed by atoms with Crippen molar-refractivity contribution in [1.82, 2.24) is 4.90 Å². The molecule has 6 heteroatoms. The van der Waals surface area contributed by atoms with Crippen LogP contribution in [-0.4, -0.2) is 39.7 Å². The van der Waals surface area contributed by atoms with Gasteiger partial charge in [-0.25, -0.2) is 9.59 Å². The number of carboxylic acids is 1. The number of carbonyl (C=O) groups excluding carboxylic acids is 1. The summed E-state index contributed by atoms with van der Waals surface area (Å²) in [5.41, 5.74) is 0.200. The molecule has 0 saturated carbocycles. The third kappa shape index (κ3) is 3.26. The van der Waals surface area contributed by atoms with Crippen molar-refractivity contribution in [2.45, 2.75) is 32.7 Å². The van der Waals surface area contributed by atoms with Crippen molar-refractivity contribution in [3.63, 3.8) is 0 Å². The lowest BCUT2D eigenvalue weighted by molar-refractivity contribution is 0.0694. The molecule has 3 N–H and O–H groups in total. The van der Waals surface area contributed by atoms with Crippen molar-refractivity contribution in [3.05, 3.63) is 23.8 Å². The van der Waals surface area contributed by atoms with Crippen LogP contribution in [0.15, 0.2) is 18.2 Å². The number of amides is 2. The van der Waals surface area contributed by atoms with Crippen LogP contribution in [0.1, 0.15) is 37.0 Å². The normalized spacial score (nSPS) is 18.0. The zero-order valence-electron chi connectivity index (χ0n) is 12.2. The van der Waals surface area contributed by atoms with Crippen LogP contribution in [0.25, 0.3) is 0 Å². The highest BCUT2D eigenvalue weighted by Crippen LogP contribution is 2.26. The van der Waals surface area contributed by atoms with Gasteiger partial charge in [-0.3, -0.25) is 0 Å². The third-order valence-electron chi connectivity index (χ3n) is 3.81. The zero-order chi connectivity index (χ0) is 15.6. The van der Waals surface area contributed by atoms with Gasteiger partial charge >= 0.3 is 12.0 Å². The first-order chi connectivity index (χ1) is 9.90. The van der Waals surface area contributed by atoms with Crippen LogP contribution in [0.5, 0.6) is 5.75 Å². The topological polar surface area (TPSA) is 89.9 Å². The highest BCUT2D eigenvalue weighted by Gasteiger charge is 2.30. The standard InChI is InChI=1S/C15H20N2O4/c1-9(2)12-4-3-7-17(12)15(21)16-10-5-6-11(14(19)20)13(18)8-10/h5-6,8-9,12,18H,3-4,7H2,1-2H3,(H,16,21)(H,19,20). The second-order valence-electron chi connectivity index (χ2n) is 5.61. The Labute approximate surface area is 123 Å². The number of urea groups is 1. The Morgan fingerprint density at radius 2 is 2.10 bits per heavy atom. The number of aromatic carboxylic acids is 1. The summed E-state index contributed by atoms with van der Waals surface area (Å²) < 4.78 is 0. The molecule has 0 aromatic heterocycles. The van der Waals surface area contributed by atoms with Gasteiger partial charge in [-0.1, -0.05) is 13.8 Å². The van der Waals surface area contributed by atoms with Gasteiger partial charge in [0, 0.05) is 24.3 Å². The summed E-state index contributed by atoms with van der Waals surface area (Å²) in [7, 11) is 0. The molecule has 1 aliphatic rings. The van der Waals surface area contributed by atoms with Gasteiger partial charge in [0.15, 0.2) is 0 Å². The molecule has 1 fully saturated rings. The smallest absolute Gasteiger partial charge is 0.339 e. The molecule has 2 rings (SSSR count). The summed E-state index contributed by atoms with van der Waals surface area (Å²) in [6.07, 6.45) is 1.98. The van der Waals surface area contributed by atoms with Gasteiger partial charge in [-0.2, -0.15) is 0 Å². The van der Waals surface area contributed by atoms with Crippen LogP contribution in [-0.2, 0) is 0 Å². The summed E-state index contributed by atoms with van der Waals surface area (Å²) in [6.45, 7) is 4.89. The Kier molecular flexibility index (Phi) is 4.35. The Bertz CT molecular complexity index is 557. The number of rotatable bonds is 3. The predicted octanol–water partition coefficient (Wildman–Crippen LogP) is 2.74. The minimum absolute atomic E-state index is 0.186. The van der Waals surface area contributed by atoms with E-state index in [0.29, 0.717) is 18.2 Å². The highest BCUT2D eigenvalue weighted by molar-refractivity contribution is 5.94. The van der Waals surface area contributed by atoms with Gasteiger partial charge in [0.05, 0.1) is 0 Å². The number of likely N-dealkylation sites (tertiary alicyclic amines) is 1. The molecule has 21 heavy (non-hydrogen) atoms. The fourth-order valence-corrected chi connectivity index (χ4v) is 2.72. The van der Waals surface area contributed by atoms with Gasteiger partial charge in [0.25, 0.3) is 0 Å². The first-order valence-corrected chi connectivity index (χ1v) is 7.04. The molecule has 1 atom stereocenters. The number of nitrogens with one attached hydrogen (secondary N) is 1. The molecule has 0 spiro atoms. The molecule has 0 aliphatic carbocycles. The SMILES string of the molecule is CC(C)C1CCCN1C(=O)Nc1ccc(C(=O)O)c(O)c1. The van der Waals surface area contributed by atoms with Gasteiger partial charge in [-0.15, -0.1) is 0 Å². The Hall–Kier alpha value is -2.24. The number of benzene rings is 1. The molecule has 1 saturated heterocycles. The Morgan fingerprint density at radius 1 is 1.38 bits per heavy atom. The van der Waals surface area contributed by atoms with Crippen LogP contribution in [0.2, 0.25) is 0 Å². The number of nitrogens with zero attached hydrogens (tertiary/aromatic N) is 1. The second-order valence-corrected chi connectivity index (χ2v) is 5.61. The third-order valence-corrected chi connectivity index (χ3v) is 3.81. The van der Waals surface area contributed by atoms with Crippen molar-refractivity contribution in [1.29, 1.82) is 0 Å². The van der Waals surface area contributed by atoms with Crippen LogP contribution < -0.4 is 5.32 Å². The van der Waals surface area contributed by atoms with Gasteiger partial charge < -0.3 is 20.4 Å². The summed E-state index contributed by atoms with van der Waals surface area (Å²) in [6, 6.07) is 4.01. The first kappa shape index (κ1) is 15.2. The molecule has 1 aromatic carbocycles. The number of carboxylic acid groups (broad SMARTS) is 1.